The van der Waals surface area contributed by atoms with Gasteiger partial charge in [-0.2, -0.15) is 0 Å². The molecule has 0 saturated heterocycles. The van der Waals surface area contributed by atoms with Crippen LogP contribution >= 0.6 is 31.9 Å². The highest BCUT2D eigenvalue weighted by Crippen LogP contribution is 2.27. The highest BCUT2D eigenvalue weighted by Gasteiger charge is 2.29. The van der Waals surface area contributed by atoms with Gasteiger partial charge in [0.2, 0.25) is 5.78 Å². The smallest absolute Gasteiger partial charge is 0.305 e. The number of para-hydroxylation sites is 1. The summed E-state index contributed by atoms with van der Waals surface area (Å²) in [6, 6.07) is 11.8. The molecule has 1 aliphatic heterocycles. The number of ketones is 1. The Bertz CT molecular complexity index is 870. The van der Waals surface area contributed by atoms with Gasteiger partial charge >= 0.3 is 11.9 Å². The normalized spacial score (nSPS) is 13.9. The van der Waals surface area contributed by atoms with Crippen LogP contribution in [0.4, 0.5) is 16.2 Å². The third kappa shape index (κ3) is 3.91. The van der Waals surface area contributed by atoms with Gasteiger partial charge in [0.1, 0.15) is 0 Å². The number of amides is 3. The van der Waals surface area contributed by atoms with Gasteiger partial charge in [0.25, 0.3) is 0 Å². The summed E-state index contributed by atoms with van der Waals surface area (Å²) in [5.74, 6) is -1.30. The van der Waals surface area contributed by atoms with Crippen LogP contribution in [0.5, 0.6) is 0 Å². The minimum atomic E-state index is -0.756. The van der Waals surface area contributed by atoms with E-state index in [1.807, 2.05) is 18.2 Å². The number of Topliss-reactive ketones (excluding diaryl/α,β-unsaturated/α-hetero) is 1. The van der Waals surface area contributed by atoms with Crippen molar-refractivity contribution in [1.82, 2.24) is 5.43 Å². The van der Waals surface area contributed by atoms with Crippen molar-refractivity contribution in [2.45, 2.75) is 12.8 Å². The van der Waals surface area contributed by atoms with Crippen LogP contribution < -0.4 is 15.8 Å². The zero-order valence-electron chi connectivity index (χ0n) is 12.9. The van der Waals surface area contributed by atoms with E-state index in [0.717, 1.165) is 15.0 Å². The summed E-state index contributed by atoms with van der Waals surface area (Å²) in [6.45, 7) is 0. The van der Waals surface area contributed by atoms with Gasteiger partial charge in [0.15, 0.2) is 0 Å². The molecule has 1 heterocycles. The fourth-order valence-corrected chi connectivity index (χ4v) is 3.19. The standard InChI is InChI=1S/C17H13Br2N3O3/c18-11-6-7-12(19)13(9-11)20-17(25)21-22-14-4-2-1-3-10(14)5-8-15(23)16(22)24/h1-4,6-7,9H,5,8H2,(H2,20,21,25). The van der Waals surface area contributed by atoms with Gasteiger partial charge in [-0.3, -0.25) is 9.59 Å². The van der Waals surface area contributed by atoms with Gasteiger partial charge in [-0.25, -0.2) is 15.2 Å². The van der Waals surface area contributed by atoms with E-state index >= 15 is 0 Å². The van der Waals surface area contributed by atoms with Crippen LogP contribution in [-0.4, -0.2) is 17.7 Å². The van der Waals surface area contributed by atoms with Crippen molar-refractivity contribution < 1.29 is 14.4 Å². The highest BCUT2D eigenvalue weighted by atomic mass is 79.9. The first-order valence-electron chi connectivity index (χ1n) is 7.43. The zero-order valence-corrected chi connectivity index (χ0v) is 16.1. The van der Waals surface area contributed by atoms with Crippen LogP contribution in [0.25, 0.3) is 0 Å². The largest absolute Gasteiger partial charge is 0.338 e. The lowest BCUT2D eigenvalue weighted by Crippen LogP contribution is -2.50. The number of hydrazine groups is 1. The Balaban J connectivity index is 1.85. The molecular weight excluding hydrogens is 454 g/mol. The predicted molar refractivity (Wildman–Crippen MR) is 101 cm³/mol. The summed E-state index contributed by atoms with van der Waals surface area (Å²) >= 11 is 6.68. The number of fused-ring (bicyclic) bond motifs is 1. The predicted octanol–water partition coefficient (Wildman–Crippen LogP) is 3.80. The Morgan fingerprint density at radius 2 is 1.80 bits per heavy atom. The number of aryl methyl sites for hydroxylation is 1. The first-order chi connectivity index (χ1) is 12.0. The molecule has 0 atom stereocenters. The lowest BCUT2D eigenvalue weighted by Gasteiger charge is -2.23. The second kappa shape index (κ2) is 7.37. The molecule has 2 N–H and O–H groups in total. The molecule has 0 unspecified atom stereocenters. The van der Waals surface area contributed by atoms with Gasteiger partial charge < -0.3 is 5.32 Å². The van der Waals surface area contributed by atoms with Gasteiger partial charge in [0.05, 0.1) is 11.4 Å². The number of halogens is 2. The fourth-order valence-electron chi connectivity index (χ4n) is 2.49. The maximum Gasteiger partial charge on any atom is 0.338 e. The summed E-state index contributed by atoms with van der Waals surface area (Å²) in [5, 5.41) is 3.66. The number of carbonyl (C=O) groups is 3. The summed E-state index contributed by atoms with van der Waals surface area (Å²) in [5.41, 5.74) is 4.32. The van der Waals surface area contributed by atoms with Crippen molar-refractivity contribution in [3.05, 3.63) is 57.0 Å². The molecular formula is C17H13Br2N3O3. The van der Waals surface area contributed by atoms with Crippen molar-refractivity contribution in [3.63, 3.8) is 0 Å². The van der Waals surface area contributed by atoms with E-state index in [4.69, 9.17) is 0 Å². The zero-order chi connectivity index (χ0) is 18.0. The van der Waals surface area contributed by atoms with E-state index in [0.29, 0.717) is 22.3 Å². The molecule has 0 bridgehead atoms. The number of benzene rings is 2. The summed E-state index contributed by atoms with van der Waals surface area (Å²) in [7, 11) is 0. The average Bonchev–Trinajstić information content (AvgIpc) is 2.71. The van der Waals surface area contributed by atoms with Crippen LogP contribution in [0.15, 0.2) is 51.4 Å². The second-order valence-corrected chi connectivity index (χ2v) is 7.15. The van der Waals surface area contributed by atoms with E-state index in [2.05, 4.69) is 42.6 Å². The molecule has 0 aromatic heterocycles. The van der Waals surface area contributed by atoms with Crippen molar-refractivity contribution in [2.24, 2.45) is 0 Å². The van der Waals surface area contributed by atoms with Crippen molar-refractivity contribution >= 4 is 61.0 Å². The molecule has 0 radical (unpaired) electrons. The Morgan fingerprint density at radius 1 is 1.04 bits per heavy atom. The highest BCUT2D eigenvalue weighted by molar-refractivity contribution is 9.11. The maximum absolute atomic E-state index is 12.4. The monoisotopic (exact) mass is 465 g/mol. The third-order valence-corrected chi connectivity index (χ3v) is 4.87. The fraction of sp³-hybridized carbons (Fsp3) is 0.118. The molecule has 25 heavy (non-hydrogen) atoms. The molecule has 8 heteroatoms. The van der Waals surface area contributed by atoms with Crippen LogP contribution in [0.3, 0.4) is 0 Å². The molecule has 1 aliphatic rings. The number of rotatable bonds is 2. The molecule has 0 aliphatic carbocycles. The van der Waals surface area contributed by atoms with Crippen LogP contribution in [-0.2, 0) is 16.0 Å². The average molecular weight is 467 g/mol. The Kier molecular flexibility index (Phi) is 5.19. The van der Waals surface area contributed by atoms with E-state index in [1.54, 1.807) is 24.3 Å². The number of hydrogen-bond acceptors (Lipinski definition) is 3. The van der Waals surface area contributed by atoms with Gasteiger partial charge in [-0.1, -0.05) is 34.1 Å². The first-order valence-corrected chi connectivity index (χ1v) is 9.02. The number of urea groups is 1. The number of nitrogens with zero attached hydrogens (tertiary/aromatic N) is 1. The molecule has 2 aromatic rings. The number of hydrogen-bond donors (Lipinski definition) is 2. The molecule has 0 fully saturated rings. The quantitative estimate of drug-likeness (QED) is 0.660. The van der Waals surface area contributed by atoms with Gasteiger partial charge in [0, 0.05) is 15.4 Å². The van der Waals surface area contributed by atoms with Crippen molar-refractivity contribution in [3.8, 4) is 0 Å². The molecule has 2 aromatic carbocycles. The van der Waals surface area contributed by atoms with E-state index in [-0.39, 0.29) is 6.42 Å². The van der Waals surface area contributed by atoms with E-state index in [1.165, 1.54) is 0 Å². The molecule has 3 rings (SSSR count). The van der Waals surface area contributed by atoms with Crippen molar-refractivity contribution in [2.75, 3.05) is 10.3 Å². The minimum Gasteiger partial charge on any atom is -0.305 e. The summed E-state index contributed by atoms with van der Waals surface area (Å²) in [6.07, 6.45) is 0.574. The lowest BCUT2D eigenvalue weighted by molar-refractivity contribution is -0.136. The van der Waals surface area contributed by atoms with E-state index in [9.17, 15) is 14.4 Å². The molecule has 6 nitrogen and oxygen atoms in total. The van der Waals surface area contributed by atoms with Crippen LogP contribution in [0, 0.1) is 0 Å². The van der Waals surface area contributed by atoms with Gasteiger partial charge in [-0.05, 0) is 52.2 Å². The van der Waals surface area contributed by atoms with Crippen LogP contribution in [0.1, 0.15) is 12.0 Å². The Labute approximate surface area is 160 Å². The van der Waals surface area contributed by atoms with E-state index < -0.39 is 17.7 Å². The second-order valence-electron chi connectivity index (χ2n) is 5.38. The SMILES string of the molecule is O=C(Nc1cc(Br)ccc1Br)NN1C(=O)C(=O)CCc2ccccc21. The Hall–Kier alpha value is -2.19. The summed E-state index contributed by atoms with van der Waals surface area (Å²) < 4.78 is 1.47. The summed E-state index contributed by atoms with van der Waals surface area (Å²) in [4.78, 5) is 36.6. The molecule has 3 amide bonds. The first kappa shape index (κ1) is 17.6. The number of anilines is 2. The lowest BCUT2D eigenvalue weighted by atomic mass is 10.1. The maximum atomic E-state index is 12.4. The molecule has 128 valence electrons. The number of nitrogens with one attached hydrogen (secondary N) is 2. The topological polar surface area (TPSA) is 78.5 Å². The number of carbonyl (C=O) groups excluding carboxylic acids is 3. The molecule has 0 saturated carbocycles. The Morgan fingerprint density at radius 3 is 2.60 bits per heavy atom. The molecule has 0 spiro atoms. The van der Waals surface area contributed by atoms with Gasteiger partial charge in [-0.15, -0.1) is 0 Å². The van der Waals surface area contributed by atoms with Crippen LogP contribution in [0.2, 0.25) is 0 Å². The minimum absolute atomic E-state index is 0.118. The third-order valence-electron chi connectivity index (χ3n) is 3.69. The van der Waals surface area contributed by atoms with Crippen molar-refractivity contribution in [1.29, 1.82) is 0 Å².